The van der Waals surface area contributed by atoms with Gasteiger partial charge in [-0.3, -0.25) is 4.18 Å². The second-order valence-electron chi connectivity index (χ2n) is 3.47. The van der Waals surface area contributed by atoms with E-state index in [1.165, 1.54) is 0 Å². The molecule has 0 N–H and O–H groups in total. The number of rotatable bonds is 4. The fourth-order valence-electron chi connectivity index (χ4n) is 1.05. The monoisotopic (exact) mass is 402 g/mol. The fraction of sp³-hybridized carbons (Fsp3) is 0.333. The SMILES string of the molecule is O=S(=O)(OCc1ccc(OC(F)(F)F)c(Br)c1)C(F)(F)F. The highest BCUT2D eigenvalue weighted by Gasteiger charge is 2.47. The van der Waals surface area contributed by atoms with Crippen LogP contribution in [0.5, 0.6) is 5.75 Å². The lowest BCUT2D eigenvalue weighted by Gasteiger charge is -2.12. The average Bonchev–Trinajstić information content (AvgIpc) is 2.26. The van der Waals surface area contributed by atoms with Crippen molar-refractivity contribution in [2.75, 3.05) is 0 Å². The van der Waals surface area contributed by atoms with Gasteiger partial charge < -0.3 is 4.74 Å². The van der Waals surface area contributed by atoms with Crippen molar-refractivity contribution >= 4 is 26.0 Å². The summed E-state index contributed by atoms with van der Waals surface area (Å²) in [6.07, 6.45) is -4.94. The first kappa shape index (κ1) is 18.0. The van der Waals surface area contributed by atoms with Crippen LogP contribution < -0.4 is 4.74 Å². The van der Waals surface area contributed by atoms with Crippen LogP contribution in [0.1, 0.15) is 5.56 Å². The number of halogens is 7. The molecule has 0 spiro atoms. The summed E-state index contributed by atoms with van der Waals surface area (Å²) < 4.78 is 100. The van der Waals surface area contributed by atoms with Gasteiger partial charge in [-0.1, -0.05) is 6.07 Å². The van der Waals surface area contributed by atoms with Crippen LogP contribution in [-0.4, -0.2) is 20.3 Å². The predicted octanol–water partition coefficient (Wildman–Crippen LogP) is 3.71. The van der Waals surface area contributed by atoms with Crippen molar-refractivity contribution in [2.24, 2.45) is 0 Å². The van der Waals surface area contributed by atoms with Gasteiger partial charge in [0.1, 0.15) is 5.75 Å². The molecular formula is C9H5BrF6O4S. The second-order valence-corrected chi connectivity index (χ2v) is 5.94. The maximum absolute atomic E-state index is 12.0. The third kappa shape index (κ3) is 5.36. The van der Waals surface area contributed by atoms with E-state index in [1.807, 2.05) is 0 Å². The first-order chi connectivity index (χ1) is 9.32. The summed E-state index contributed by atoms with van der Waals surface area (Å²) in [5.41, 5.74) is -5.69. The van der Waals surface area contributed by atoms with E-state index in [2.05, 4.69) is 24.8 Å². The highest BCUT2D eigenvalue weighted by molar-refractivity contribution is 9.10. The Hall–Kier alpha value is -1.01. The number of ether oxygens (including phenoxy) is 1. The van der Waals surface area contributed by atoms with Crippen LogP contribution in [0.4, 0.5) is 26.3 Å². The number of benzene rings is 1. The molecule has 0 saturated heterocycles. The molecule has 0 aliphatic rings. The Morgan fingerprint density at radius 3 is 2.10 bits per heavy atom. The molecule has 1 aromatic rings. The van der Waals surface area contributed by atoms with Crippen LogP contribution >= 0.6 is 15.9 Å². The summed E-state index contributed by atoms with van der Waals surface area (Å²) in [5.74, 6) is -0.634. The molecule has 0 amide bonds. The maximum atomic E-state index is 12.0. The zero-order valence-corrected chi connectivity index (χ0v) is 12.0. The summed E-state index contributed by atoms with van der Waals surface area (Å²) in [6.45, 7) is -0.993. The van der Waals surface area contributed by atoms with Gasteiger partial charge in [-0.05, 0) is 33.6 Å². The van der Waals surface area contributed by atoms with Gasteiger partial charge in [0.2, 0.25) is 0 Å². The quantitative estimate of drug-likeness (QED) is 0.437. The second kappa shape index (κ2) is 6.01. The summed E-state index contributed by atoms with van der Waals surface area (Å²) in [6, 6.07) is 2.67. The molecule has 21 heavy (non-hydrogen) atoms. The number of hydrogen-bond acceptors (Lipinski definition) is 4. The van der Waals surface area contributed by atoms with Gasteiger partial charge in [-0.15, -0.1) is 13.2 Å². The molecule has 4 nitrogen and oxygen atoms in total. The molecule has 1 aromatic carbocycles. The number of hydrogen-bond donors (Lipinski definition) is 0. The predicted molar refractivity (Wildman–Crippen MR) is 60.6 cm³/mol. The van der Waals surface area contributed by atoms with E-state index in [1.54, 1.807) is 0 Å². The Morgan fingerprint density at radius 1 is 1.10 bits per heavy atom. The third-order valence-corrected chi connectivity index (χ3v) is 3.50. The first-order valence-corrected chi connectivity index (χ1v) is 7.02. The summed E-state index contributed by atoms with van der Waals surface area (Å²) in [4.78, 5) is 0. The van der Waals surface area contributed by atoms with E-state index in [4.69, 9.17) is 0 Å². The Morgan fingerprint density at radius 2 is 1.67 bits per heavy atom. The van der Waals surface area contributed by atoms with Crippen LogP contribution in [0.15, 0.2) is 22.7 Å². The van der Waals surface area contributed by atoms with Crippen LogP contribution in [0, 0.1) is 0 Å². The lowest BCUT2D eigenvalue weighted by molar-refractivity contribution is -0.274. The molecule has 0 atom stereocenters. The molecule has 0 fully saturated rings. The lowest BCUT2D eigenvalue weighted by Crippen LogP contribution is -2.25. The van der Waals surface area contributed by atoms with Gasteiger partial charge >= 0.3 is 22.0 Å². The molecule has 0 unspecified atom stereocenters. The van der Waals surface area contributed by atoms with E-state index >= 15 is 0 Å². The van der Waals surface area contributed by atoms with Crippen LogP contribution in [0.2, 0.25) is 0 Å². The van der Waals surface area contributed by atoms with Gasteiger partial charge in [-0.25, -0.2) is 0 Å². The van der Waals surface area contributed by atoms with E-state index in [0.29, 0.717) is 0 Å². The van der Waals surface area contributed by atoms with Gasteiger partial charge in [0.05, 0.1) is 11.1 Å². The molecule has 0 saturated carbocycles. The lowest BCUT2D eigenvalue weighted by atomic mass is 10.2. The minimum atomic E-state index is -5.77. The first-order valence-electron chi connectivity index (χ1n) is 4.82. The molecule has 0 heterocycles. The average molecular weight is 403 g/mol. The Kier molecular flexibility index (Phi) is 5.16. The van der Waals surface area contributed by atoms with E-state index < -0.39 is 34.3 Å². The molecule has 0 bridgehead atoms. The summed E-state index contributed by atoms with van der Waals surface area (Å²) in [5, 5.41) is 0. The molecule has 0 aromatic heterocycles. The fourth-order valence-corrected chi connectivity index (χ4v) is 1.99. The van der Waals surface area contributed by atoms with Gasteiger partial charge in [0.15, 0.2) is 0 Å². The zero-order chi connectivity index (χ0) is 16.5. The van der Waals surface area contributed by atoms with Crippen LogP contribution in [-0.2, 0) is 20.9 Å². The molecule has 0 radical (unpaired) electrons. The van der Waals surface area contributed by atoms with Crippen molar-refractivity contribution < 1.29 is 43.7 Å². The van der Waals surface area contributed by atoms with Crippen molar-refractivity contribution in [1.29, 1.82) is 0 Å². The highest BCUT2D eigenvalue weighted by Crippen LogP contribution is 2.32. The molecular weight excluding hydrogens is 398 g/mol. The number of alkyl halides is 6. The molecule has 12 heteroatoms. The zero-order valence-electron chi connectivity index (χ0n) is 9.63. The minimum Gasteiger partial charge on any atom is -0.405 e. The molecule has 120 valence electrons. The van der Waals surface area contributed by atoms with E-state index in [9.17, 15) is 34.8 Å². The van der Waals surface area contributed by atoms with Crippen LogP contribution in [0.3, 0.4) is 0 Å². The van der Waals surface area contributed by atoms with Crippen molar-refractivity contribution in [1.82, 2.24) is 0 Å². The van der Waals surface area contributed by atoms with E-state index in [0.717, 1.165) is 18.2 Å². The summed E-state index contributed by atoms with van der Waals surface area (Å²) >= 11 is 2.71. The van der Waals surface area contributed by atoms with E-state index in [-0.39, 0.29) is 10.0 Å². The third-order valence-electron chi connectivity index (χ3n) is 1.89. The molecule has 1 rings (SSSR count). The smallest absolute Gasteiger partial charge is 0.405 e. The minimum absolute atomic E-state index is 0.107. The topological polar surface area (TPSA) is 52.6 Å². The normalized spacial score (nSPS) is 13.3. The van der Waals surface area contributed by atoms with Crippen molar-refractivity contribution in [3.05, 3.63) is 28.2 Å². The standard InChI is InChI=1S/C9H5BrF6O4S/c10-6-3-5(1-2-7(6)20-8(11,12)13)4-19-21(17,18)9(14,15)16/h1-3H,4H2. The van der Waals surface area contributed by atoms with Crippen LogP contribution in [0.25, 0.3) is 0 Å². The highest BCUT2D eigenvalue weighted by atomic mass is 79.9. The Balaban J connectivity index is 2.82. The maximum Gasteiger partial charge on any atom is 0.573 e. The van der Waals surface area contributed by atoms with Gasteiger partial charge in [-0.2, -0.15) is 21.6 Å². The van der Waals surface area contributed by atoms with Crippen molar-refractivity contribution in [2.45, 2.75) is 18.5 Å². The Bertz CT molecular complexity index is 610. The largest absolute Gasteiger partial charge is 0.573 e. The molecule has 0 aliphatic heterocycles. The van der Waals surface area contributed by atoms with Gasteiger partial charge in [0, 0.05) is 0 Å². The van der Waals surface area contributed by atoms with Gasteiger partial charge in [0.25, 0.3) is 0 Å². The Labute approximate surface area is 122 Å². The summed E-state index contributed by atoms with van der Waals surface area (Å²) in [7, 11) is -5.77. The van der Waals surface area contributed by atoms with Crippen molar-refractivity contribution in [3.8, 4) is 5.75 Å². The van der Waals surface area contributed by atoms with Crippen molar-refractivity contribution in [3.63, 3.8) is 0 Å². The molecule has 0 aliphatic carbocycles.